The predicted molar refractivity (Wildman–Crippen MR) is 58.2 cm³/mol. The van der Waals surface area contributed by atoms with Crippen molar-refractivity contribution in [2.24, 2.45) is 0 Å². The molecule has 0 atom stereocenters. The molecule has 16 heavy (non-hydrogen) atoms. The number of Topliss-reactive ketones (excluding diaryl/α,β-unsaturated/α-hetero) is 1. The van der Waals surface area contributed by atoms with Crippen molar-refractivity contribution in [2.75, 3.05) is 11.5 Å². The number of thioether (sulfide) groups is 2. The fraction of sp³-hybridized carbons (Fsp3) is 0.667. The molecule has 1 nitrogen and oxygen atoms in total. The number of carbonyl (C=O) groups excluding carboxylic acids is 1. The van der Waals surface area contributed by atoms with Crippen molar-refractivity contribution in [1.29, 1.82) is 0 Å². The highest BCUT2D eigenvalue weighted by molar-refractivity contribution is 8.07. The number of rotatable bonds is 4. The molecular formula is C9H10F4OS2. The van der Waals surface area contributed by atoms with Gasteiger partial charge in [-0.25, -0.2) is 0 Å². The van der Waals surface area contributed by atoms with Gasteiger partial charge in [0.25, 0.3) is 0 Å². The molecule has 0 saturated heterocycles. The van der Waals surface area contributed by atoms with Crippen LogP contribution in [-0.2, 0) is 4.79 Å². The first kappa shape index (κ1) is 13.9. The van der Waals surface area contributed by atoms with Crippen LogP contribution in [0, 0.1) is 0 Å². The van der Waals surface area contributed by atoms with E-state index in [4.69, 9.17) is 0 Å². The van der Waals surface area contributed by atoms with Crippen molar-refractivity contribution in [3.8, 4) is 0 Å². The van der Waals surface area contributed by atoms with Gasteiger partial charge in [-0.2, -0.15) is 17.6 Å². The molecule has 0 heterocycles. The molecule has 1 rings (SSSR count). The van der Waals surface area contributed by atoms with Gasteiger partial charge >= 0.3 is 11.8 Å². The van der Waals surface area contributed by atoms with Gasteiger partial charge in [-0.15, -0.1) is 23.5 Å². The standard InChI is InChI=1S/C9H10F4OS2/c1-3-15-5-6(14)8(10,11)9(12,13)7(5)16-4-2/h3-4H2,1-2H3. The van der Waals surface area contributed by atoms with Gasteiger partial charge in [0.1, 0.15) is 0 Å². The smallest absolute Gasteiger partial charge is 0.286 e. The average Bonchev–Trinajstić information content (AvgIpc) is 2.31. The highest BCUT2D eigenvalue weighted by Crippen LogP contribution is 2.55. The zero-order valence-electron chi connectivity index (χ0n) is 8.65. The summed E-state index contributed by atoms with van der Waals surface area (Å²) in [5.41, 5.74) is 0. The van der Waals surface area contributed by atoms with Gasteiger partial charge in [0.2, 0.25) is 5.78 Å². The quantitative estimate of drug-likeness (QED) is 0.730. The molecule has 0 aromatic heterocycles. The van der Waals surface area contributed by atoms with Gasteiger partial charge in [-0.1, -0.05) is 13.8 Å². The van der Waals surface area contributed by atoms with Crippen molar-refractivity contribution >= 4 is 29.3 Å². The van der Waals surface area contributed by atoms with Crippen LogP contribution in [0.3, 0.4) is 0 Å². The molecule has 0 spiro atoms. The molecule has 0 amide bonds. The maximum absolute atomic E-state index is 13.3. The van der Waals surface area contributed by atoms with E-state index in [-0.39, 0.29) is 5.75 Å². The van der Waals surface area contributed by atoms with Crippen molar-refractivity contribution in [3.63, 3.8) is 0 Å². The lowest BCUT2D eigenvalue weighted by Gasteiger charge is -2.19. The Kier molecular flexibility index (Phi) is 3.99. The maximum Gasteiger partial charge on any atom is 0.377 e. The molecule has 0 aromatic rings. The first-order valence-corrected chi connectivity index (χ1v) is 6.58. The van der Waals surface area contributed by atoms with E-state index in [0.29, 0.717) is 17.5 Å². The van der Waals surface area contributed by atoms with Crippen LogP contribution in [0.4, 0.5) is 17.6 Å². The average molecular weight is 274 g/mol. The maximum atomic E-state index is 13.3. The first-order chi connectivity index (χ1) is 7.30. The lowest BCUT2D eigenvalue weighted by molar-refractivity contribution is -0.180. The fourth-order valence-electron chi connectivity index (χ4n) is 1.25. The molecule has 1 aliphatic rings. The Labute approximate surface area is 99.0 Å². The number of alkyl halides is 4. The van der Waals surface area contributed by atoms with Crippen molar-refractivity contribution in [1.82, 2.24) is 0 Å². The lowest BCUT2D eigenvalue weighted by Crippen LogP contribution is -2.42. The Hall–Kier alpha value is -0.170. The summed E-state index contributed by atoms with van der Waals surface area (Å²) >= 11 is 1.36. The molecule has 0 fully saturated rings. The summed E-state index contributed by atoms with van der Waals surface area (Å²) < 4.78 is 52.9. The second-order valence-electron chi connectivity index (χ2n) is 3.00. The molecule has 0 bridgehead atoms. The van der Waals surface area contributed by atoms with Crippen molar-refractivity contribution in [2.45, 2.75) is 25.7 Å². The van der Waals surface area contributed by atoms with E-state index in [0.717, 1.165) is 11.8 Å². The van der Waals surface area contributed by atoms with Crippen molar-refractivity contribution in [3.05, 3.63) is 9.81 Å². The highest BCUT2D eigenvalue weighted by atomic mass is 32.2. The lowest BCUT2D eigenvalue weighted by atomic mass is 10.2. The Morgan fingerprint density at radius 3 is 1.94 bits per heavy atom. The molecule has 0 aliphatic heterocycles. The van der Waals surface area contributed by atoms with Gasteiger partial charge in [-0.05, 0) is 11.5 Å². The van der Waals surface area contributed by atoms with Gasteiger partial charge < -0.3 is 0 Å². The third-order valence-corrected chi connectivity index (χ3v) is 4.09. The number of hydrogen-bond donors (Lipinski definition) is 0. The number of carbonyl (C=O) groups is 1. The summed E-state index contributed by atoms with van der Waals surface area (Å²) in [4.78, 5) is 9.93. The van der Waals surface area contributed by atoms with Crippen LogP contribution in [0.5, 0.6) is 0 Å². The molecule has 1 aliphatic carbocycles. The summed E-state index contributed by atoms with van der Waals surface area (Å²) in [5, 5.41) is 0. The van der Waals surface area contributed by atoms with Gasteiger partial charge in [0.05, 0.1) is 9.81 Å². The van der Waals surface area contributed by atoms with Crippen LogP contribution in [0.1, 0.15) is 13.8 Å². The molecule has 0 N–H and O–H groups in total. The van der Waals surface area contributed by atoms with Crippen LogP contribution in [0.2, 0.25) is 0 Å². The zero-order valence-corrected chi connectivity index (χ0v) is 10.3. The molecular weight excluding hydrogens is 264 g/mol. The minimum Gasteiger partial charge on any atom is -0.286 e. The minimum atomic E-state index is -4.60. The van der Waals surface area contributed by atoms with E-state index in [9.17, 15) is 22.4 Å². The number of ketones is 1. The van der Waals surface area contributed by atoms with E-state index in [1.807, 2.05) is 0 Å². The molecule has 0 aromatic carbocycles. The topological polar surface area (TPSA) is 17.1 Å². The van der Waals surface area contributed by atoms with Gasteiger partial charge in [0.15, 0.2) is 0 Å². The monoisotopic (exact) mass is 274 g/mol. The zero-order chi connectivity index (χ0) is 12.6. The number of hydrogen-bond acceptors (Lipinski definition) is 3. The van der Waals surface area contributed by atoms with Crippen LogP contribution in [0.15, 0.2) is 9.81 Å². The minimum absolute atomic E-state index is 0.224. The molecule has 0 radical (unpaired) electrons. The summed E-state index contributed by atoms with van der Waals surface area (Å²) in [5.74, 6) is -10.2. The van der Waals surface area contributed by atoms with E-state index in [1.165, 1.54) is 0 Å². The summed E-state index contributed by atoms with van der Waals surface area (Å²) in [7, 11) is 0. The van der Waals surface area contributed by atoms with Gasteiger partial charge in [-0.3, -0.25) is 4.79 Å². The molecule has 7 heteroatoms. The van der Waals surface area contributed by atoms with Crippen LogP contribution < -0.4 is 0 Å². The Bertz CT molecular complexity index is 338. The Morgan fingerprint density at radius 2 is 1.50 bits per heavy atom. The second-order valence-corrected chi connectivity index (χ2v) is 5.55. The van der Waals surface area contributed by atoms with Crippen LogP contribution in [-0.4, -0.2) is 29.1 Å². The fourth-order valence-corrected chi connectivity index (χ4v) is 3.23. The Balaban J connectivity index is 3.23. The number of halogens is 4. The largest absolute Gasteiger partial charge is 0.377 e. The normalized spacial score (nSPS) is 23.0. The third-order valence-electron chi connectivity index (χ3n) is 1.95. The molecule has 0 unspecified atom stereocenters. The van der Waals surface area contributed by atoms with E-state index in [1.54, 1.807) is 13.8 Å². The predicted octanol–water partition coefficient (Wildman–Crippen LogP) is 3.56. The summed E-state index contributed by atoms with van der Waals surface area (Å²) in [6.45, 7) is 3.19. The number of allylic oxidation sites excluding steroid dienone is 2. The summed E-state index contributed by atoms with van der Waals surface area (Å²) in [6.07, 6.45) is 0. The molecule has 92 valence electrons. The highest BCUT2D eigenvalue weighted by Gasteiger charge is 2.70. The van der Waals surface area contributed by atoms with Crippen LogP contribution >= 0.6 is 23.5 Å². The van der Waals surface area contributed by atoms with E-state index >= 15 is 0 Å². The van der Waals surface area contributed by atoms with E-state index in [2.05, 4.69) is 0 Å². The second kappa shape index (κ2) is 4.60. The SMILES string of the molecule is CCSC1=C(SCC)C(F)(F)C(F)(F)C1=O. The van der Waals surface area contributed by atoms with E-state index < -0.39 is 27.4 Å². The molecule has 0 saturated carbocycles. The Morgan fingerprint density at radius 1 is 1.00 bits per heavy atom. The van der Waals surface area contributed by atoms with Gasteiger partial charge in [0, 0.05) is 0 Å². The first-order valence-electron chi connectivity index (χ1n) is 4.61. The van der Waals surface area contributed by atoms with Crippen LogP contribution in [0.25, 0.3) is 0 Å². The summed E-state index contributed by atoms with van der Waals surface area (Å²) in [6, 6.07) is 0. The van der Waals surface area contributed by atoms with Crippen molar-refractivity contribution < 1.29 is 22.4 Å². The third kappa shape index (κ3) is 1.88.